The molecule has 1 aliphatic heterocycles. The molecular formula is C15H10O3. The number of carbonyl (C=O) groups is 1. The zero-order valence-electron chi connectivity index (χ0n) is 9.46. The van der Waals surface area contributed by atoms with E-state index >= 15 is 0 Å². The van der Waals surface area contributed by atoms with Gasteiger partial charge in [0.25, 0.3) is 0 Å². The molecule has 88 valence electrons. The molecule has 0 saturated heterocycles. The van der Waals surface area contributed by atoms with Crippen molar-refractivity contribution in [3.05, 3.63) is 65.4 Å². The Morgan fingerprint density at radius 3 is 2.67 bits per heavy atom. The number of ether oxygens (including phenoxy) is 1. The van der Waals surface area contributed by atoms with Crippen molar-refractivity contribution < 1.29 is 14.6 Å². The maximum absolute atomic E-state index is 12.0. The van der Waals surface area contributed by atoms with E-state index in [0.29, 0.717) is 11.3 Å². The van der Waals surface area contributed by atoms with Crippen molar-refractivity contribution in [2.45, 2.75) is 0 Å². The maximum atomic E-state index is 12.0. The molecular weight excluding hydrogens is 228 g/mol. The first-order valence-electron chi connectivity index (χ1n) is 5.56. The molecule has 1 N–H and O–H groups in total. The average Bonchev–Trinajstić information content (AvgIpc) is 2.67. The second kappa shape index (κ2) is 4.04. The van der Waals surface area contributed by atoms with Crippen molar-refractivity contribution in [3.63, 3.8) is 0 Å². The summed E-state index contributed by atoms with van der Waals surface area (Å²) in [6.45, 7) is 0. The summed E-state index contributed by atoms with van der Waals surface area (Å²) in [7, 11) is 0. The van der Waals surface area contributed by atoms with Gasteiger partial charge in [-0.3, -0.25) is 4.79 Å². The highest BCUT2D eigenvalue weighted by Gasteiger charge is 2.26. The number of phenols is 1. The molecule has 0 fully saturated rings. The number of hydrogen-bond donors (Lipinski definition) is 1. The van der Waals surface area contributed by atoms with Gasteiger partial charge >= 0.3 is 0 Å². The van der Waals surface area contributed by atoms with E-state index in [9.17, 15) is 9.90 Å². The number of allylic oxidation sites excluding steroid dienone is 1. The molecule has 0 aliphatic carbocycles. The van der Waals surface area contributed by atoms with Crippen LogP contribution in [0.1, 0.15) is 15.9 Å². The van der Waals surface area contributed by atoms with Gasteiger partial charge in [0.05, 0.1) is 5.56 Å². The van der Waals surface area contributed by atoms with E-state index < -0.39 is 0 Å². The minimum Gasteiger partial charge on any atom is -0.508 e. The van der Waals surface area contributed by atoms with Gasteiger partial charge < -0.3 is 9.84 Å². The maximum Gasteiger partial charge on any atom is 0.231 e. The summed E-state index contributed by atoms with van der Waals surface area (Å²) in [5.41, 5.74) is 1.30. The second-order valence-corrected chi connectivity index (χ2v) is 4.03. The van der Waals surface area contributed by atoms with Gasteiger partial charge in [-0.25, -0.2) is 0 Å². The zero-order valence-corrected chi connectivity index (χ0v) is 9.46. The molecule has 3 heteroatoms. The summed E-state index contributed by atoms with van der Waals surface area (Å²) in [6, 6.07) is 13.8. The molecule has 0 unspecified atom stereocenters. The highest BCUT2D eigenvalue weighted by Crippen LogP contribution is 2.31. The van der Waals surface area contributed by atoms with Crippen molar-refractivity contribution in [1.29, 1.82) is 0 Å². The van der Waals surface area contributed by atoms with Crippen molar-refractivity contribution in [2.75, 3.05) is 0 Å². The number of ketones is 1. The van der Waals surface area contributed by atoms with E-state index in [0.717, 1.165) is 5.56 Å². The number of phenolic OH excluding ortho intramolecular Hbond substituents is 1. The molecule has 1 heterocycles. The van der Waals surface area contributed by atoms with E-state index in [-0.39, 0.29) is 17.3 Å². The van der Waals surface area contributed by atoms with Crippen LogP contribution in [0.2, 0.25) is 0 Å². The van der Waals surface area contributed by atoms with Crippen molar-refractivity contribution in [1.82, 2.24) is 0 Å². The molecule has 0 bridgehead atoms. The van der Waals surface area contributed by atoms with Crippen LogP contribution in [0, 0.1) is 0 Å². The Balaban J connectivity index is 1.99. The third-order valence-corrected chi connectivity index (χ3v) is 2.74. The van der Waals surface area contributed by atoms with Gasteiger partial charge in [0.2, 0.25) is 5.78 Å². The Kier molecular flexibility index (Phi) is 2.38. The van der Waals surface area contributed by atoms with Gasteiger partial charge in [-0.2, -0.15) is 0 Å². The number of aromatic hydroxyl groups is 1. The largest absolute Gasteiger partial charge is 0.508 e. The van der Waals surface area contributed by atoms with Crippen LogP contribution in [-0.2, 0) is 0 Å². The summed E-state index contributed by atoms with van der Waals surface area (Å²) >= 11 is 0. The van der Waals surface area contributed by atoms with Gasteiger partial charge in [0.1, 0.15) is 11.5 Å². The molecule has 0 amide bonds. The summed E-state index contributed by atoms with van der Waals surface area (Å²) in [4.78, 5) is 12.0. The van der Waals surface area contributed by atoms with Crippen LogP contribution in [0.15, 0.2) is 54.3 Å². The minimum atomic E-state index is -0.131. The number of Topliss-reactive ketones (excluding diaryl/α,β-unsaturated/α-hetero) is 1. The molecule has 0 aromatic heterocycles. The van der Waals surface area contributed by atoms with E-state index in [1.54, 1.807) is 48.5 Å². The van der Waals surface area contributed by atoms with Crippen LogP contribution in [0.3, 0.4) is 0 Å². The van der Waals surface area contributed by atoms with E-state index in [1.807, 2.05) is 6.07 Å². The first-order valence-corrected chi connectivity index (χ1v) is 5.56. The lowest BCUT2D eigenvalue weighted by molar-refractivity contribution is 0.101. The number of hydrogen-bond acceptors (Lipinski definition) is 3. The summed E-state index contributed by atoms with van der Waals surface area (Å²) in [6.07, 6.45) is 1.63. The lowest BCUT2D eigenvalue weighted by Crippen LogP contribution is -1.97. The number of rotatable bonds is 1. The van der Waals surface area contributed by atoms with Crippen LogP contribution in [0.5, 0.6) is 11.5 Å². The van der Waals surface area contributed by atoms with Crippen LogP contribution < -0.4 is 4.74 Å². The monoisotopic (exact) mass is 238 g/mol. The smallest absolute Gasteiger partial charge is 0.231 e. The summed E-state index contributed by atoms with van der Waals surface area (Å²) in [5.74, 6) is 0.886. The molecule has 3 rings (SSSR count). The van der Waals surface area contributed by atoms with E-state index in [1.165, 1.54) is 0 Å². The van der Waals surface area contributed by atoms with E-state index in [4.69, 9.17) is 4.74 Å². The zero-order chi connectivity index (χ0) is 12.5. The van der Waals surface area contributed by atoms with Crippen molar-refractivity contribution in [3.8, 4) is 11.5 Å². The number of para-hydroxylation sites is 1. The molecule has 2 aromatic rings. The molecule has 0 spiro atoms. The van der Waals surface area contributed by atoms with Crippen LogP contribution in [0.25, 0.3) is 6.08 Å². The third kappa shape index (κ3) is 1.76. The fourth-order valence-corrected chi connectivity index (χ4v) is 1.90. The SMILES string of the molecule is O=C1C(=Cc2cccc(O)c2)Oc2ccccc21. The quantitative estimate of drug-likeness (QED) is 0.777. The Labute approximate surface area is 104 Å². The fourth-order valence-electron chi connectivity index (χ4n) is 1.90. The topological polar surface area (TPSA) is 46.5 Å². The number of fused-ring (bicyclic) bond motifs is 1. The van der Waals surface area contributed by atoms with Crippen LogP contribution >= 0.6 is 0 Å². The van der Waals surface area contributed by atoms with Gasteiger partial charge in [-0.15, -0.1) is 0 Å². The highest BCUT2D eigenvalue weighted by atomic mass is 16.5. The number of carbonyl (C=O) groups excluding carboxylic acids is 1. The summed E-state index contributed by atoms with van der Waals surface area (Å²) in [5, 5.41) is 9.37. The molecule has 0 saturated carbocycles. The number of benzene rings is 2. The van der Waals surface area contributed by atoms with Gasteiger partial charge in [-0.1, -0.05) is 24.3 Å². The molecule has 1 aliphatic rings. The first-order chi connectivity index (χ1) is 8.74. The van der Waals surface area contributed by atoms with E-state index in [2.05, 4.69) is 0 Å². The lowest BCUT2D eigenvalue weighted by atomic mass is 10.1. The molecule has 18 heavy (non-hydrogen) atoms. The molecule has 0 atom stereocenters. The standard InChI is InChI=1S/C15H10O3/c16-11-5-3-4-10(8-11)9-14-15(17)12-6-1-2-7-13(12)18-14/h1-9,16H. The first kappa shape index (κ1) is 10.6. The summed E-state index contributed by atoms with van der Waals surface area (Å²) < 4.78 is 5.49. The Bertz CT molecular complexity index is 656. The minimum absolute atomic E-state index is 0.131. The molecule has 0 radical (unpaired) electrons. The Morgan fingerprint density at radius 1 is 1.06 bits per heavy atom. The average molecular weight is 238 g/mol. The van der Waals surface area contributed by atoms with Crippen LogP contribution in [-0.4, -0.2) is 10.9 Å². The lowest BCUT2D eigenvalue weighted by Gasteiger charge is -1.98. The third-order valence-electron chi connectivity index (χ3n) is 2.74. The highest BCUT2D eigenvalue weighted by molar-refractivity contribution is 6.14. The Hall–Kier alpha value is -2.55. The molecule has 2 aromatic carbocycles. The van der Waals surface area contributed by atoms with Crippen LogP contribution in [0.4, 0.5) is 0 Å². The van der Waals surface area contributed by atoms with Crippen molar-refractivity contribution in [2.24, 2.45) is 0 Å². The van der Waals surface area contributed by atoms with Gasteiger partial charge in [-0.05, 0) is 35.9 Å². The predicted octanol–water partition coefficient (Wildman–Crippen LogP) is 3.01. The Morgan fingerprint density at radius 2 is 1.89 bits per heavy atom. The molecule has 3 nitrogen and oxygen atoms in total. The van der Waals surface area contributed by atoms with Crippen molar-refractivity contribution >= 4 is 11.9 Å². The fraction of sp³-hybridized carbons (Fsp3) is 0. The van der Waals surface area contributed by atoms with Gasteiger partial charge in [0.15, 0.2) is 5.76 Å². The second-order valence-electron chi connectivity index (χ2n) is 4.03. The predicted molar refractivity (Wildman–Crippen MR) is 67.5 cm³/mol. The normalized spacial score (nSPS) is 15.6. The van der Waals surface area contributed by atoms with Gasteiger partial charge in [0, 0.05) is 0 Å².